The molecule has 2 unspecified atom stereocenters. The number of nitrogens with two attached hydrogens (primary N) is 1. The topological polar surface area (TPSA) is 119 Å². The predicted molar refractivity (Wildman–Crippen MR) is 76.2 cm³/mol. The van der Waals surface area contributed by atoms with E-state index in [1.807, 2.05) is 0 Å². The standard InChI is InChI=1S/C12H20N6O2/c1-8-3-2-4-9(6-5-8)16-11-10(18(19)20)12(17-13)15-7-14-11/h7-9H,2-6,13H2,1H3,(H2,14,15,16,17). The van der Waals surface area contributed by atoms with Crippen LogP contribution in [0.4, 0.5) is 17.3 Å². The molecule has 1 aromatic rings. The van der Waals surface area contributed by atoms with Crippen molar-refractivity contribution >= 4 is 17.3 Å². The summed E-state index contributed by atoms with van der Waals surface area (Å²) in [5.74, 6) is 6.23. The van der Waals surface area contributed by atoms with E-state index in [0.717, 1.165) is 25.7 Å². The average Bonchev–Trinajstić information content (AvgIpc) is 2.63. The first-order chi connectivity index (χ1) is 9.61. The van der Waals surface area contributed by atoms with Crippen molar-refractivity contribution in [2.75, 3.05) is 10.7 Å². The maximum Gasteiger partial charge on any atom is 0.354 e. The normalized spacial score (nSPS) is 22.9. The molecule has 0 amide bonds. The fourth-order valence-corrected chi connectivity index (χ4v) is 2.59. The number of nitro groups is 1. The molecule has 0 aliphatic heterocycles. The highest BCUT2D eigenvalue weighted by Crippen LogP contribution is 2.31. The summed E-state index contributed by atoms with van der Waals surface area (Å²) in [5.41, 5.74) is 2.04. The highest BCUT2D eigenvalue weighted by atomic mass is 16.6. The Balaban J connectivity index is 2.18. The Hall–Kier alpha value is -1.96. The number of nitrogens with zero attached hydrogens (tertiary/aromatic N) is 3. The number of nitrogen functional groups attached to an aromatic ring is 1. The summed E-state index contributed by atoms with van der Waals surface area (Å²) in [6, 6.07) is 0.208. The van der Waals surface area contributed by atoms with Crippen molar-refractivity contribution in [1.29, 1.82) is 0 Å². The summed E-state index contributed by atoms with van der Waals surface area (Å²) >= 11 is 0. The van der Waals surface area contributed by atoms with Crippen LogP contribution in [0.5, 0.6) is 0 Å². The number of hydrogen-bond donors (Lipinski definition) is 3. The molecular weight excluding hydrogens is 260 g/mol. The van der Waals surface area contributed by atoms with Gasteiger partial charge in [0, 0.05) is 6.04 Å². The Kier molecular flexibility index (Phi) is 4.67. The van der Waals surface area contributed by atoms with Crippen molar-refractivity contribution in [3.8, 4) is 0 Å². The van der Waals surface area contributed by atoms with E-state index < -0.39 is 4.92 Å². The molecule has 1 aliphatic carbocycles. The molecular formula is C12H20N6O2. The molecule has 0 radical (unpaired) electrons. The molecule has 20 heavy (non-hydrogen) atoms. The lowest BCUT2D eigenvalue weighted by atomic mass is 10.0. The van der Waals surface area contributed by atoms with E-state index in [-0.39, 0.29) is 23.4 Å². The Labute approximate surface area is 117 Å². The maximum atomic E-state index is 11.2. The van der Waals surface area contributed by atoms with Gasteiger partial charge in [-0.25, -0.2) is 15.8 Å². The van der Waals surface area contributed by atoms with Crippen LogP contribution in [-0.2, 0) is 0 Å². The average molecular weight is 280 g/mol. The molecule has 110 valence electrons. The zero-order chi connectivity index (χ0) is 14.5. The van der Waals surface area contributed by atoms with Crippen molar-refractivity contribution in [2.45, 2.75) is 45.1 Å². The van der Waals surface area contributed by atoms with Gasteiger partial charge in [-0.2, -0.15) is 0 Å². The van der Waals surface area contributed by atoms with Gasteiger partial charge >= 0.3 is 5.69 Å². The SMILES string of the molecule is CC1CCCC(Nc2ncnc(NN)c2[N+](=O)[O-])CC1. The van der Waals surface area contributed by atoms with Crippen molar-refractivity contribution in [2.24, 2.45) is 11.8 Å². The molecule has 0 saturated heterocycles. The first kappa shape index (κ1) is 14.4. The summed E-state index contributed by atoms with van der Waals surface area (Å²) in [7, 11) is 0. The van der Waals surface area contributed by atoms with E-state index in [9.17, 15) is 10.1 Å². The van der Waals surface area contributed by atoms with Crippen LogP contribution in [0, 0.1) is 16.0 Å². The summed E-state index contributed by atoms with van der Waals surface area (Å²) in [5, 5.41) is 14.3. The van der Waals surface area contributed by atoms with Crippen molar-refractivity contribution in [1.82, 2.24) is 9.97 Å². The van der Waals surface area contributed by atoms with Crippen LogP contribution in [0.2, 0.25) is 0 Å². The zero-order valence-corrected chi connectivity index (χ0v) is 11.5. The predicted octanol–water partition coefficient (Wildman–Crippen LogP) is 2.05. The van der Waals surface area contributed by atoms with Crippen LogP contribution in [0.1, 0.15) is 39.0 Å². The second kappa shape index (κ2) is 6.47. The number of nitrogens with one attached hydrogen (secondary N) is 2. The van der Waals surface area contributed by atoms with Crippen LogP contribution in [0.15, 0.2) is 6.33 Å². The molecule has 0 spiro atoms. The minimum atomic E-state index is -0.517. The molecule has 1 heterocycles. The lowest BCUT2D eigenvalue weighted by molar-refractivity contribution is -0.383. The van der Waals surface area contributed by atoms with Gasteiger partial charge in [-0.15, -0.1) is 0 Å². The van der Waals surface area contributed by atoms with E-state index in [1.54, 1.807) is 0 Å². The van der Waals surface area contributed by atoms with Gasteiger partial charge in [-0.05, 0) is 25.2 Å². The quantitative estimate of drug-likeness (QED) is 0.334. The third-order valence-corrected chi connectivity index (χ3v) is 3.74. The Bertz CT molecular complexity index is 481. The third-order valence-electron chi connectivity index (χ3n) is 3.74. The fraction of sp³-hybridized carbons (Fsp3) is 0.667. The smallest absolute Gasteiger partial charge is 0.354 e. The van der Waals surface area contributed by atoms with Gasteiger partial charge in [-0.1, -0.05) is 19.8 Å². The van der Waals surface area contributed by atoms with Crippen molar-refractivity contribution in [3.05, 3.63) is 16.4 Å². The second-order valence-electron chi connectivity index (χ2n) is 5.28. The summed E-state index contributed by atoms with van der Waals surface area (Å²) in [6.07, 6.45) is 6.71. The Morgan fingerprint density at radius 2 is 2.05 bits per heavy atom. The van der Waals surface area contributed by atoms with Crippen LogP contribution < -0.4 is 16.6 Å². The molecule has 2 rings (SSSR count). The minimum absolute atomic E-state index is 0.0227. The first-order valence-electron chi connectivity index (χ1n) is 6.84. The van der Waals surface area contributed by atoms with E-state index in [4.69, 9.17) is 5.84 Å². The van der Waals surface area contributed by atoms with Crippen LogP contribution >= 0.6 is 0 Å². The van der Waals surface area contributed by atoms with E-state index in [1.165, 1.54) is 12.7 Å². The lowest BCUT2D eigenvalue weighted by Crippen LogP contribution is -2.21. The zero-order valence-electron chi connectivity index (χ0n) is 11.5. The Morgan fingerprint density at radius 3 is 2.75 bits per heavy atom. The van der Waals surface area contributed by atoms with Crippen LogP contribution in [0.3, 0.4) is 0 Å². The molecule has 1 aliphatic rings. The highest BCUT2D eigenvalue weighted by molar-refractivity contribution is 5.69. The van der Waals surface area contributed by atoms with Gasteiger partial charge in [0.25, 0.3) is 0 Å². The highest BCUT2D eigenvalue weighted by Gasteiger charge is 2.25. The molecule has 8 heteroatoms. The lowest BCUT2D eigenvalue weighted by Gasteiger charge is -2.17. The molecule has 1 aromatic heterocycles. The number of anilines is 2. The molecule has 0 aromatic carbocycles. The van der Waals surface area contributed by atoms with Gasteiger partial charge in [0.05, 0.1) is 4.92 Å². The molecule has 1 saturated carbocycles. The Morgan fingerprint density at radius 1 is 1.30 bits per heavy atom. The number of aromatic nitrogens is 2. The maximum absolute atomic E-state index is 11.2. The van der Waals surface area contributed by atoms with Gasteiger partial charge < -0.3 is 10.7 Å². The molecule has 4 N–H and O–H groups in total. The third kappa shape index (κ3) is 3.32. The van der Waals surface area contributed by atoms with E-state index >= 15 is 0 Å². The molecule has 1 fully saturated rings. The summed E-state index contributed by atoms with van der Waals surface area (Å²) < 4.78 is 0. The second-order valence-corrected chi connectivity index (χ2v) is 5.28. The first-order valence-corrected chi connectivity index (χ1v) is 6.84. The summed E-state index contributed by atoms with van der Waals surface area (Å²) in [4.78, 5) is 18.4. The number of hydrazine groups is 1. The number of rotatable bonds is 4. The number of hydrogen-bond acceptors (Lipinski definition) is 7. The molecule has 2 atom stereocenters. The molecule has 8 nitrogen and oxygen atoms in total. The largest absolute Gasteiger partial charge is 0.361 e. The minimum Gasteiger partial charge on any atom is -0.361 e. The monoisotopic (exact) mass is 280 g/mol. The van der Waals surface area contributed by atoms with Crippen LogP contribution in [-0.4, -0.2) is 20.9 Å². The van der Waals surface area contributed by atoms with Crippen molar-refractivity contribution < 1.29 is 4.92 Å². The van der Waals surface area contributed by atoms with E-state index in [0.29, 0.717) is 5.92 Å². The van der Waals surface area contributed by atoms with Crippen LogP contribution in [0.25, 0.3) is 0 Å². The van der Waals surface area contributed by atoms with Crippen molar-refractivity contribution in [3.63, 3.8) is 0 Å². The summed E-state index contributed by atoms with van der Waals surface area (Å²) in [6.45, 7) is 2.24. The molecule has 0 bridgehead atoms. The fourth-order valence-electron chi connectivity index (χ4n) is 2.59. The van der Waals surface area contributed by atoms with Gasteiger partial charge in [0.15, 0.2) is 0 Å². The van der Waals surface area contributed by atoms with E-state index in [2.05, 4.69) is 27.6 Å². The van der Waals surface area contributed by atoms with Gasteiger partial charge in [0.2, 0.25) is 11.6 Å². The van der Waals surface area contributed by atoms with Gasteiger partial charge in [-0.3, -0.25) is 10.1 Å². The van der Waals surface area contributed by atoms with Gasteiger partial charge in [0.1, 0.15) is 6.33 Å².